The van der Waals surface area contributed by atoms with Gasteiger partial charge < -0.3 is 20.1 Å². The Bertz CT molecular complexity index is 1430. The molecule has 2 aromatic carbocycles. The van der Waals surface area contributed by atoms with Crippen LogP contribution >= 0.6 is 0 Å². The van der Waals surface area contributed by atoms with Crippen molar-refractivity contribution in [3.05, 3.63) is 85.7 Å². The van der Waals surface area contributed by atoms with E-state index in [1.54, 1.807) is 19.2 Å². The zero-order valence-corrected chi connectivity index (χ0v) is 17.2. The Balaban J connectivity index is 1.74. The maximum atomic E-state index is 12.9. The fourth-order valence-corrected chi connectivity index (χ4v) is 4.42. The van der Waals surface area contributed by atoms with Crippen LogP contribution in [-0.2, 0) is 6.42 Å². The van der Waals surface area contributed by atoms with Crippen LogP contribution in [0.4, 0.5) is 0 Å². The second kappa shape index (κ2) is 7.17. The lowest BCUT2D eigenvalue weighted by atomic mass is 9.95. The van der Waals surface area contributed by atoms with Crippen LogP contribution in [-0.4, -0.2) is 33.3 Å². The molecule has 8 heteroatoms. The summed E-state index contributed by atoms with van der Waals surface area (Å²) in [4.78, 5) is 31.2. The molecule has 0 saturated carbocycles. The van der Waals surface area contributed by atoms with E-state index in [0.29, 0.717) is 12.2 Å². The van der Waals surface area contributed by atoms with Crippen LogP contribution in [0.2, 0.25) is 0 Å². The molecule has 5 rings (SSSR count). The largest absolute Gasteiger partial charge is 0.497 e. The molecule has 4 aromatic rings. The number of aromatic hydroxyl groups is 1. The van der Waals surface area contributed by atoms with Gasteiger partial charge in [0.1, 0.15) is 11.3 Å². The van der Waals surface area contributed by atoms with E-state index in [-0.39, 0.29) is 11.4 Å². The third kappa shape index (κ3) is 2.95. The van der Waals surface area contributed by atoms with Crippen molar-refractivity contribution >= 4 is 10.9 Å². The highest BCUT2D eigenvalue weighted by molar-refractivity contribution is 5.86. The second-order valence-corrected chi connectivity index (χ2v) is 7.68. The van der Waals surface area contributed by atoms with Crippen molar-refractivity contribution < 1.29 is 9.84 Å². The molecule has 0 spiro atoms. The number of fused-ring (bicyclic) bond motifs is 3. The molecule has 1 aliphatic heterocycles. The Labute approximate surface area is 177 Å². The fraction of sp³-hybridized carbons (Fsp3) is 0.217. The van der Waals surface area contributed by atoms with E-state index >= 15 is 0 Å². The van der Waals surface area contributed by atoms with Gasteiger partial charge in [0.15, 0.2) is 0 Å². The molecule has 0 fully saturated rings. The average molecular weight is 418 g/mol. The van der Waals surface area contributed by atoms with Crippen LogP contribution in [0, 0.1) is 6.92 Å². The maximum Gasteiger partial charge on any atom is 0.335 e. The van der Waals surface area contributed by atoms with E-state index in [4.69, 9.17) is 4.74 Å². The third-order valence-corrected chi connectivity index (χ3v) is 5.92. The zero-order chi connectivity index (χ0) is 21.7. The third-order valence-electron chi connectivity index (χ3n) is 5.92. The molecule has 1 aliphatic rings. The van der Waals surface area contributed by atoms with Gasteiger partial charge in [0, 0.05) is 23.1 Å². The summed E-state index contributed by atoms with van der Waals surface area (Å²) in [5, 5.41) is 15.5. The molecular formula is C23H22N4O4. The van der Waals surface area contributed by atoms with E-state index in [0.717, 1.165) is 44.5 Å². The summed E-state index contributed by atoms with van der Waals surface area (Å²) in [5.41, 5.74) is 2.89. The summed E-state index contributed by atoms with van der Waals surface area (Å²) in [7, 11) is 1.62. The van der Waals surface area contributed by atoms with Gasteiger partial charge in [-0.2, -0.15) is 0 Å². The molecule has 2 aromatic heterocycles. The van der Waals surface area contributed by atoms with Gasteiger partial charge in [0.2, 0.25) is 5.88 Å². The monoisotopic (exact) mass is 418 g/mol. The number of rotatable bonds is 3. The van der Waals surface area contributed by atoms with Crippen LogP contribution in [0.3, 0.4) is 0 Å². The zero-order valence-electron chi connectivity index (χ0n) is 17.2. The first-order chi connectivity index (χ1) is 15.0. The number of methoxy groups -OCH3 is 1. The second-order valence-electron chi connectivity index (χ2n) is 7.68. The topological polar surface area (TPSA) is 112 Å². The van der Waals surface area contributed by atoms with Gasteiger partial charge in [0.05, 0.1) is 18.8 Å². The van der Waals surface area contributed by atoms with Crippen LogP contribution in [0.1, 0.15) is 28.4 Å². The van der Waals surface area contributed by atoms with Gasteiger partial charge in [-0.05, 0) is 48.7 Å². The predicted octanol–water partition coefficient (Wildman–Crippen LogP) is 2.26. The van der Waals surface area contributed by atoms with Crippen molar-refractivity contribution in [1.82, 2.24) is 19.9 Å². The first kappa shape index (κ1) is 19.2. The molecule has 0 radical (unpaired) electrons. The summed E-state index contributed by atoms with van der Waals surface area (Å²) in [6, 6.07) is 12.4. The highest BCUT2D eigenvalue weighted by atomic mass is 16.5. The normalized spacial score (nSPS) is 15.7. The fourth-order valence-electron chi connectivity index (χ4n) is 4.42. The van der Waals surface area contributed by atoms with Crippen molar-refractivity contribution in [3.63, 3.8) is 0 Å². The number of H-pyrrole nitrogens is 2. The van der Waals surface area contributed by atoms with Crippen LogP contribution in [0.5, 0.6) is 11.6 Å². The Hall–Kier alpha value is -3.78. The lowest BCUT2D eigenvalue weighted by Gasteiger charge is -2.25. The van der Waals surface area contributed by atoms with Crippen molar-refractivity contribution in [3.8, 4) is 17.3 Å². The van der Waals surface area contributed by atoms with Gasteiger partial charge in [-0.25, -0.2) is 9.36 Å². The number of para-hydroxylation sites is 1. The molecule has 0 saturated heterocycles. The van der Waals surface area contributed by atoms with E-state index < -0.39 is 17.3 Å². The number of aryl methyl sites for hydroxylation is 1. The van der Waals surface area contributed by atoms with Crippen LogP contribution in [0.15, 0.2) is 52.1 Å². The van der Waals surface area contributed by atoms with E-state index in [2.05, 4.69) is 15.3 Å². The number of nitrogens with one attached hydrogen (secondary N) is 3. The highest BCUT2D eigenvalue weighted by Gasteiger charge is 2.31. The molecule has 3 heterocycles. The van der Waals surface area contributed by atoms with Crippen molar-refractivity contribution in [2.75, 3.05) is 13.7 Å². The number of benzene rings is 2. The molecule has 8 nitrogen and oxygen atoms in total. The van der Waals surface area contributed by atoms with Gasteiger partial charge in [0.25, 0.3) is 5.56 Å². The van der Waals surface area contributed by atoms with E-state index in [1.807, 2.05) is 37.3 Å². The average Bonchev–Trinajstić information content (AvgIpc) is 3.13. The number of hydrogen-bond donors (Lipinski definition) is 4. The lowest BCUT2D eigenvalue weighted by molar-refractivity contribution is 0.409. The molecule has 0 bridgehead atoms. The van der Waals surface area contributed by atoms with Gasteiger partial charge in [-0.3, -0.25) is 9.78 Å². The standard InChI is InChI=1S/C23H22N4O4/c1-12-5-3-4-6-17(12)27-22(29)18(21(28)26-23(27)30)20-19-14(9-10-24-20)15-11-13(31-2)7-8-16(15)25-19/h3-8,11,20,24-25,29H,9-10H2,1-2H3,(H,26,28,30). The SMILES string of the molecule is COc1ccc2[nH]c3c(c2c1)CCNC3c1c(O)n(-c2ccccc2C)c(=O)[nH]c1=O. The smallest absolute Gasteiger partial charge is 0.335 e. The van der Waals surface area contributed by atoms with Crippen LogP contribution < -0.4 is 21.3 Å². The number of hydrogen-bond acceptors (Lipinski definition) is 5. The van der Waals surface area contributed by atoms with Gasteiger partial charge >= 0.3 is 5.69 Å². The van der Waals surface area contributed by atoms with E-state index in [9.17, 15) is 14.7 Å². The molecule has 31 heavy (non-hydrogen) atoms. The molecule has 0 amide bonds. The van der Waals surface area contributed by atoms with Gasteiger partial charge in [-0.1, -0.05) is 18.2 Å². The Morgan fingerprint density at radius 2 is 1.94 bits per heavy atom. The van der Waals surface area contributed by atoms with Crippen LogP contribution in [0.25, 0.3) is 16.6 Å². The molecule has 1 atom stereocenters. The predicted molar refractivity (Wildman–Crippen MR) is 117 cm³/mol. The number of ether oxygens (including phenoxy) is 1. The molecule has 1 unspecified atom stereocenters. The van der Waals surface area contributed by atoms with E-state index in [1.165, 1.54) is 0 Å². The molecule has 158 valence electrons. The summed E-state index contributed by atoms with van der Waals surface area (Å²) in [6.07, 6.45) is 0.759. The molecular weight excluding hydrogens is 396 g/mol. The number of nitrogens with zero attached hydrogens (tertiary/aromatic N) is 1. The summed E-state index contributed by atoms with van der Waals surface area (Å²) >= 11 is 0. The Morgan fingerprint density at radius 1 is 1.13 bits per heavy atom. The summed E-state index contributed by atoms with van der Waals surface area (Å²) in [5.74, 6) is 0.378. The number of aromatic nitrogens is 3. The quantitative estimate of drug-likeness (QED) is 0.408. The first-order valence-electron chi connectivity index (χ1n) is 10.1. The minimum atomic E-state index is -0.682. The Morgan fingerprint density at radius 3 is 2.71 bits per heavy atom. The minimum absolute atomic E-state index is 0.0994. The molecule has 4 N–H and O–H groups in total. The summed E-state index contributed by atoms with van der Waals surface area (Å²) < 4.78 is 6.51. The van der Waals surface area contributed by atoms with Crippen molar-refractivity contribution in [2.24, 2.45) is 0 Å². The maximum absolute atomic E-state index is 12.9. The highest BCUT2D eigenvalue weighted by Crippen LogP contribution is 2.36. The molecule has 0 aliphatic carbocycles. The minimum Gasteiger partial charge on any atom is -0.497 e. The Kier molecular flexibility index (Phi) is 4.44. The van der Waals surface area contributed by atoms with Crippen molar-refractivity contribution in [1.29, 1.82) is 0 Å². The number of aromatic amines is 2. The van der Waals surface area contributed by atoms with Gasteiger partial charge in [-0.15, -0.1) is 0 Å². The van der Waals surface area contributed by atoms with Crippen molar-refractivity contribution in [2.45, 2.75) is 19.4 Å². The first-order valence-corrected chi connectivity index (χ1v) is 10.1. The lowest BCUT2D eigenvalue weighted by Crippen LogP contribution is -2.38. The summed E-state index contributed by atoms with van der Waals surface area (Å²) in [6.45, 7) is 2.46.